The highest BCUT2D eigenvalue weighted by Gasteiger charge is 2.14. The third kappa shape index (κ3) is 22.8. The molecule has 0 amide bonds. The van der Waals surface area contributed by atoms with Crippen molar-refractivity contribution in [2.45, 2.75) is 142 Å². The van der Waals surface area contributed by atoms with Crippen LogP contribution in [-0.2, 0) is 9.47 Å². The van der Waals surface area contributed by atoms with Crippen molar-refractivity contribution in [3.05, 3.63) is 59.2 Å². The maximum Gasteiger partial charge on any atom is 0.154 e. The molecule has 1 aromatic carbocycles. The Morgan fingerprint density at radius 3 is 1.00 bits per heavy atom. The monoisotopic (exact) mass is 587 g/mol. The van der Waals surface area contributed by atoms with Gasteiger partial charge in [-0.1, -0.05) is 136 Å². The number of rotatable bonds is 0. The van der Waals surface area contributed by atoms with Gasteiger partial charge in [0, 0.05) is 18.3 Å². The Labute approximate surface area is 262 Å². The normalized spacial score (nSPS) is 26.2. The van der Waals surface area contributed by atoms with Gasteiger partial charge in [-0.25, -0.2) is 9.97 Å². The molecule has 244 valence electrons. The molecule has 0 unspecified atom stereocenters. The lowest BCUT2D eigenvalue weighted by Crippen LogP contribution is -2.27. The van der Waals surface area contributed by atoms with Crippen LogP contribution < -0.4 is 0 Å². The molecule has 2 heterocycles. The van der Waals surface area contributed by atoms with Gasteiger partial charge in [-0.15, -0.1) is 0 Å². The number of ether oxygens (including phenoxy) is 2. The molecule has 1 aliphatic heterocycles. The fourth-order valence-corrected chi connectivity index (χ4v) is 4.64. The number of aryl methyl sites for hydroxylation is 4. The van der Waals surface area contributed by atoms with Gasteiger partial charge in [0.05, 0.1) is 13.2 Å². The van der Waals surface area contributed by atoms with Crippen molar-refractivity contribution in [2.24, 2.45) is 29.6 Å². The summed E-state index contributed by atoms with van der Waals surface area (Å²) in [5.41, 5.74) is 3.77. The molecule has 0 radical (unpaired) electrons. The van der Waals surface area contributed by atoms with Crippen LogP contribution >= 0.6 is 0 Å². The Balaban J connectivity index is 0. The van der Waals surface area contributed by atoms with Gasteiger partial charge in [0.15, 0.2) is 6.29 Å². The third-order valence-electron chi connectivity index (χ3n) is 7.97. The van der Waals surface area contributed by atoms with E-state index in [2.05, 4.69) is 82.7 Å². The number of aromatic nitrogens is 2. The van der Waals surface area contributed by atoms with Crippen LogP contribution in [0.3, 0.4) is 0 Å². The molecule has 4 heteroatoms. The van der Waals surface area contributed by atoms with Crippen molar-refractivity contribution in [1.29, 1.82) is 0 Å². The molecule has 1 aromatic heterocycles. The number of hydrogen-bond donors (Lipinski definition) is 0. The Morgan fingerprint density at radius 2 is 0.762 bits per heavy atom. The summed E-state index contributed by atoms with van der Waals surface area (Å²) in [5, 5.41) is 0. The van der Waals surface area contributed by atoms with Crippen molar-refractivity contribution in [1.82, 2.24) is 9.97 Å². The summed E-state index contributed by atoms with van der Waals surface area (Å²) in [5.74, 6) is 5.48. The minimum Gasteiger partial charge on any atom is -0.353 e. The molecule has 2 saturated carbocycles. The molecule has 3 fully saturated rings. The highest BCUT2D eigenvalue weighted by Crippen LogP contribution is 2.28. The zero-order chi connectivity index (χ0) is 29.9. The van der Waals surface area contributed by atoms with Gasteiger partial charge in [0.25, 0.3) is 0 Å². The second-order valence-corrected chi connectivity index (χ2v) is 13.0. The van der Waals surface area contributed by atoms with Gasteiger partial charge in [-0.3, -0.25) is 0 Å². The lowest BCUT2D eigenvalue weighted by atomic mass is 9.84. The Bertz CT molecular complexity index is 681. The minimum atomic E-state index is 0. The van der Waals surface area contributed by atoms with Crippen molar-refractivity contribution >= 4 is 0 Å². The zero-order valence-corrected chi connectivity index (χ0v) is 27.7. The molecule has 0 spiro atoms. The first-order valence-corrected chi connectivity index (χ1v) is 16.0. The van der Waals surface area contributed by atoms with Gasteiger partial charge >= 0.3 is 0 Å². The van der Waals surface area contributed by atoms with Gasteiger partial charge in [-0.2, -0.15) is 0 Å². The second-order valence-electron chi connectivity index (χ2n) is 13.0. The predicted molar refractivity (Wildman–Crippen MR) is 185 cm³/mol. The lowest BCUT2D eigenvalue weighted by molar-refractivity contribution is -0.187. The molecular weight excluding hydrogens is 516 g/mol. The first-order valence-electron chi connectivity index (χ1n) is 16.0. The van der Waals surface area contributed by atoms with Crippen LogP contribution in [0.2, 0.25) is 0 Å². The van der Waals surface area contributed by atoms with E-state index in [0.29, 0.717) is 5.92 Å². The van der Waals surface area contributed by atoms with Crippen LogP contribution in [-0.4, -0.2) is 29.5 Å². The maximum absolute atomic E-state index is 5.17. The summed E-state index contributed by atoms with van der Waals surface area (Å²) in [4.78, 5) is 7.94. The largest absolute Gasteiger partial charge is 0.353 e. The molecule has 42 heavy (non-hydrogen) atoms. The molecule has 0 N–H and O–H groups in total. The average molecular weight is 587 g/mol. The average Bonchev–Trinajstić information content (AvgIpc) is 2.94. The van der Waals surface area contributed by atoms with E-state index in [9.17, 15) is 0 Å². The van der Waals surface area contributed by atoms with Crippen molar-refractivity contribution in [3.63, 3.8) is 0 Å². The summed E-state index contributed by atoms with van der Waals surface area (Å²) in [7, 11) is 0. The molecule has 3 aliphatic rings. The number of hydrogen-bond acceptors (Lipinski definition) is 4. The Hall–Kier alpha value is -1.78. The fourth-order valence-electron chi connectivity index (χ4n) is 4.64. The van der Waals surface area contributed by atoms with Crippen LogP contribution in [0, 0.1) is 57.3 Å². The number of benzene rings is 1. The van der Waals surface area contributed by atoms with E-state index in [-0.39, 0.29) is 21.1 Å². The quantitative estimate of drug-likeness (QED) is 0.308. The second kappa shape index (κ2) is 24.6. The molecule has 0 bridgehead atoms. The lowest BCUT2D eigenvalue weighted by Gasteiger charge is -2.24. The van der Waals surface area contributed by atoms with Crippen LogP contribution in [0.15, 0.2) is 36.7 Å². The summed E-state index contributed by atoms with van der Waals surface area (Å²) in [6.07, 6.45) is 15.4. The van der Waals surface area contributed by atoms with Crippen LogP contribution in [0.4, 0.5) is 0 Å². The van der Waals surface area contributed by atoms with Gasteiger partial charge in [0.2, 0.25) is 0 Å². The van der Waals surface area contributed by atoms with Crippen molar-refractivity contribution in [2.75, 3.05) is 13.2 Å². The maximum atomic E-state index is 5.17. The summed E-state index contributed by atoms with van der Waals surface area (Å²) < 4.78 is 10.3. The highest BCUT2D eigenvalue weighted by atomic mass is 16.7. The van der Waals surface area contributed by atoms with Crippen molar-refractivity contribution in [3.8, 4) is 0 Å². The van der Waals surface area contributed by atoms with Crippen LogP contribution in [0.5, 0.6) is 0 Å². The smallest absolute Gasteiger partial charge is 0.154 e. The number of nitrogens with zero attached hydrogens (tertiary/aromatic N) is 2. The van der Waals surface area contributed by atoms with E-state index in [1.54, 1.807) is 0 Å². The molecule has 4 nitrogen and oxygen atoms in total. The zero-order valence-electron chi connectivity index (χ0n) is 27.7. The highest BCUT2D eigenvalue weighted by molar-refractivity contribution is 5.19. The van der Waals surface area contributed by atoms with E-state index in [4.69, 9.17) is 9.47 Å². The van der Waals surface area contributed by atoms with Crippen LogP contribution in [0.25, 0.3) is 0 Å². The Morgan fingerprint density at radius 1 is 0.476 bits per heavy atom. The summed E-state index contributed by atoms with van der Waals surface area (Å²) in [6, 6.07) is 8.48. The predicted octanol–water partition coefficient (Wildman–Crippen LogP) is 11.3. The molecule has 1 saturated heterocycles. The first kappa shape index (κ1) is 42.4. The van der Waals surface area contributed by atoms with E-state index in [0.717, 1.165) is 48.3 Å². The summed E-state index contributed by atoms with van der Waals surface area (Å²) >= 11 is 0. The standard InChI is InChI=1S/2C8H16.C8H10.C6H8N2.C6H12O2.2CH4/c3*1-7-3-5-8(2)6-4-7;2*1-5-3-7-6(2)8-4-5;;/h2*7-8H,3-6H2,1-2H3;3-6H,1-2H3;3-4H,1-2H3;5-6H,3-4H2,1-2H3;2*1H4. The van der Waals surface area contributed by atoms with Gasteiger partial charge < -0.3 is 9.47 Å². The van der Waals surface area contributed by atoms with Crippen LogP contribution in [0.1, 0.15) is 130 Å². The SMILES string of the molecule is C.C.CC1CCC(C)CC1.CC1CCC(C)CC1.CC1COC(C)OC1.Cc1ccc(C)cc1.Cc1cnc(C)nc1. The third-order valence-corrected chi connectivity index (χ3v) is 7.97. The molecule has 2 aromatic rings. The van der Waals surface area contributed by atoms with Gasteiger partial charge in [0.1, 0.15) is 5.82 Å². The summed E-state index contributed by atoms with van der Waals surface area (Å²) in [6.45, 7) is 23.2. The topological polar surface area (TPSA) is 44.2 Å². The fraction of sp³-hybridized carbons (Fsp3) is 0.737. The Kier molecular flexibility index (Phi) is 24.8. The van der Waals surface area contributed by atoms with Gasteiger partial charge in [-0.05, 0) is 63.9 Å². The molecule has 2 aliphatic carbocycles. The van der Waals surface area contributed by atoms with Crippen molar-refractivity contribution < 1.29 is 9.47 Å². The minimum absolute atomic E-state index is 0. The van der Waals surface area contributed by atoms with E-state index >= 15 is 0 Å². The molecule has 0 atom stereocenters. The molecule has 5 rings (SSSR count). The molecular formula is C38H70N2O2. The van der Waals surface area contributed by atoms with E-state index in [1.165, 1.54) is 62.5 Å². The van der Waals surface area contributed by atoms with E-state index < -0.39 is 0 Å². The van der Waals surface area contributed by atoms with E-state index in [1.807, 2.05) is 33.2 Å². The first-order chi connectivity index (χ1) is 18.9.